The SMILES string of the molecule is COC(=O)C1CCCCN1c1cccc(Br)c1C#N. The Bertz CT molecular complexity index is 525. The smallest absolute Gasteiger partial charge is 0.328 e. The molecule has 1 aromatic carbocycles. The lowest BCUT2D eigenvalue weighted by Gasteiger charge is -2.36. The Morgan fingerprint density at radius 1 is 1.53 bits per heavy atom. The highest BCUT2D eigenvalue weighted by molar-refractivity contribution is 9.10. The third kappa shape index (κ3) is 2.74. The van der Waals surface area contributed by atoms with Crippen molar-refractivity contribution in [3.05, 3.63) is 28.2 Å². The van der Waals surface area contributed by atoms with Crippen LogP contribution in [0.4, 0.5) is 5.69 Å². The maximum atomic E-state index is 11.9. The molecule has 0 aromatic heterocycles. The van der Waals surface area contributed by atoms with Gasteiger partial charge in [-0.15, -0.1) is 0 Å². The largest absolute Gasteiger partial charge is 0.467 e. The summed E-state index contributed by atoms with van der Waals surface area (Å²) in [6, 6.07) is 7.50. The zero-order chi connectivity index (χ0) is 13.8. The third-order valence-corrected chi connectivity index (χ3v) is 4.05. The fourth-order valence-electron chi connectivity index (χ4n) is 2.46. The van der Waals surface area contributed by atoms with Gasteiger partial charge in [0.15, 0.2) is 0 Å². The molecule has 0 aliphatic carbocycles. The summed E-state index contributed by atoms with van der Waals surface area (Å²) in [5, 5.41) is 9.29. The molecule has 1 saturated heterocycles. The van der Waals surface area contributed by atoms with E-state index in [2.05, 4.69) is 22.0 Å². The number of rotatable bonds is 2. The lowest BCUT2D eigenvalue weighted by Crippen LogP contribution is -2.45. The predicted octanol–water partition coefficient (Wildman–Crippen LogP) is 2.85. The van der Waals surface area contributed by atoms with Crippen LogP contribution in [-0.2, 0) is 9.53 Å². The molecule has 0 radical (unpaired) electrons. The molecule has 0 amide bonds. The lowest BCUT2D eigenvalue weighted by atomic mass is 10.00. The second-order valence-corrected chi connectivity index (χ2v) is 5.33. The van der Waals surface area contributed by atoms with Gasteiger partial charge in [-0.05, 0) is 47.3 Å². The number of nitrogens with zero attached hydrogens (tertiary/aromatic N) is 2. The second kappa shape index (κ2) is 6.07. The van der Waals surface area contributed by atoms with Gasteiger partial charge in [0, 0.05) is 11.0 Å². The van der Waals surface area contributed by atoms with Crippen molar-refractivity contribution in [3.63, 3.8) is 0 Å². The van der Waals surface area contributed by atoms with Gasteiger partial charge in [0.1, 0.15) is 12.1 Å². The Balaban J connectivity index is 2.41. The monoisotopic (exact) mass is 322 g/mol. The minimum Gasteiger partial charge on any atom is -0.467 e. The van der Waals surface area contributed by atoms with Crippen molar-refractivity contribution < 1.29 is 9.53 Å². The molecule has 0 bridgehead atoms. The number of methoxy groups -OCH3 is 1. The highest BCUT2D eigenvalue weighted by Crippen LogP contribution is 2.32. The van der Waals surface area contributed by atoms with E-state index in [1.54, 1.807) is 0 Å². The Hall–Kier alpha value is -1.54. The Labute approximate surface area is 121 Å². The van der Waals surface area contributed by atoms with Crippen molar-refractivity contribution in [2.24, 2.45) is 0 Å². The maximum Gasteiger partial charge on any atom is 0.328 e. The summed E-state index contributed by atoms with van der Waals surface area (Å²) < 4.78 is 5.62. The maximum absolute atomic E-state index is 11.9. The van der Waals surface area contributed by atoms with E-state index in [-0.39, 0.29) is 12.0 Å². The number of carbonyl (C=O) groups is 1. The van der Waals surface area contributed by atoms with Gasteiger partial charge < -0.3 is 9.64 Å². The van der Waals surface area contributed by atoms with Crippen LogP contribution in [0, 0.1) is 11.3 Å². The Kier molecular flexibility index (Phi) is 4.43. The van der Waals surface area contributed by atoms with E-state index in [4.69, 9.17) is 4.74 Å². The van der Waals surface area contributed by atoms with E-state index in [0.29, 0.717) is 5.56 Å². The van der Waals surface area contributed by atoms with E-state index in [1.165, 1.54) is 7.11 Å². The number of nitriles is 1. The molecule has 4 nitrogen and oxygen atoms in total. The summed E-state index contributed by atoms with van der Waals surface area (Å²) in [6.07, 6.45) is 2.79. The highest BCUT2D eigenvalue weighted by Gasteiger charge is 2.31. The van der Waals surface area contributed by atoms with Gasteiger partial charge in [-0.3, -0.25) is 0 Å². The number of esters is 1. The van der Waals surface area contributed by atoms with Crippen LogP contribution in [0.2, 0.25) is 0 Å². The van der Waals surface area contributed by atoms with E-state index >= 15 is 0 Å². The van der Waals surface area contributed by atoms with Crippen molar-refractivity contribution in [1.82, 2.24) is 0 Å². The number of anilines is 1. The van der Waals surface area contributed by atoms with Gasteiger partial charge >= 0.3 is 5.97 Å². The van der Waals surface area contributed by atoms with Crippen LogP contribution >= 0.6 is 15.9 Å². The van der Waals surface area contributed by atoms with Crippen molar-refractivity contribution in [1.29, 1.82) is 5.26 Å². The minimum absolute atomic E-state index is 0.233. The van der Waals surface area contributed by atoms with Gasteiger partial charge in [0.25, 0.3) is 0 Å². The first-order chi connectivity index (χ1) is 9.19. The molecule has 1 aliphatic heterocycles. The molecule has 0 spiro atoms. The molecule has 0 N–H and O–H groups in total. The van der Waals surface area contributed by atoms with Crippen LogP contribution in [0.3, 0.4) is 0 Å². The normalized spacial score (nSPS) is 18.8. The molecule has 0 saturated carbocycles. The number of carbonyl (C=O) groups excluding carboxylic acids is 1. The lowest BCUT2D eigenvalue weighted by molar-refractivity contribution is -0.142. The summed E-state index contributed by atoms with van der Waals surface area (Å²) in [5.41, 5.74) is 1.37. The third-order valence-electron chi connectivity index (χ3n) is 3.39. The van der Waals surface area contributed by atoms with E-state index in [1.807, 2.05) is 23.1 Å². The molecule has 5 heteroatoms. The van der Waals surface area contributed by atoms with Crippen LogP contribution in [-0.4, -0.2) is 25.7 Å². The quantitative estimate of drug-likeness (QED) is 0.786. The fraction of sp³-hybridized carbons (Fsp3) is 0.429. The van der Waals surface area contributed by atoms with Crippen molar-refractivity contribution in [2.75, 3.05) is 18.6 Å². The number of piperidine rings is 1. The standard InChI is InChI=1S/C14H15BrN2O2/c1-19-14(18)13-6-2-3-8-17(13)12-7-4-5-11(15)10(12)9-16/h4-5,7,13H,2-3,6,8H2,1H3. The summed E-state index contributed by atoms with van der Waals surface area (Å²) in [4.78, 5) is 13.9. The molecule has 19 heavy (non-hydrogen) atoms. The van der Waals surface area contributed by atoms with Crippen LogP contribution in [0.1, 0.15) is 24.8 Å². The first-order valence-electron chi connectivity index (χ1n) is 6.22. The number of halogens is 1. The van der Waals surface area contributed by atoms with E-state index in [0.717, 1.165) is 36.0 Å². The number of benzene rings is 1. The van der Waals surface area contributed by atoms with Crippen molar-refractivity contribution in [3.8, 4) is 6.07 Å². The van der Waals surface area contributed by atoms with Gasteiger partial charge in [0.2, 0.25) is 0 Å². The molecular formula is C14H15BrN2O2. The van der Waals surface area contributed by atoms with Crippen LogP contribution < -0.4 is 4.90 Å². The average molecular weight is 323 g/mol. The van der Waals surface area contributed by atoms with E-state index in [9.17, 15) is 10.1 Å². The number of hydrogen-bond acceptors (Lipinski definition) is 4. The van der Waals surface area contributed by atoms with Crippen molar-refractivity contribution >= 4 is 27.6 Å². The highest BCUT2D eigenvalue weighted by atomic mass is 79.9. The van der Waals surface area contributed by atoms with Crippen molar-refractivity contribution in [2.45, 2.75) is 25.3 Å². The summed E-state index contributed by atoms with van der Waals surface area (Å²) in [7, 11) is 1.40. The molecule has 100 valence electrons. The van der Waals surface area contributed by atoms with Gasteiger partial charge in [-0.2, -0.15) is 5.26 Å². The molecule has 1 atom stereocenters. The fourth-order valence-corrected chi connectivity index (χ4v) is 2.91. The number of ether oxygens (including phenoxy) is 1. The summed E-state index contributed by atoms with van der Waals surface area (Å²) in [5.74, 6) is -0.233. The minimum atomic E-state index is -0.292. The molecule has 1 aliphatic rings. The van der Waals surface area contributed by atoms with Crippen LogP contribution in [0.15, 0.2) is 22.7 Å². The van der Waals surface area contributed by atoms with Crippen LogP contribution in [0.5, 0.6) is 0 Å². The summed E-state index contributed by atoms with van der Waals surface area (Å²) in [6.45, 7) is 0.769. The Morgan fingerprint density at radius 2 is 2.32 bits per heavy atom. The molecule has 1 fully saturated rings. The molecule has 2 rings (SSSR count). The Morgan fingerprint density at radius 3 is 3.00 bits per heavy atom. The first kappa shape index (κ1) is 13.9. The number of hydrogen-bond donors (Lipinski definition) is 0. The van der Waals surface area contributed by atoms with Gasteiger partial charge in [-0.1, -0.05) is 6.07 Å². The molecule has 1 unspecified atom stereocenters. The van der Waals surface area contributed by atoms with Gasteiger partial charge in [-0.25, -0.2) is 4.79 Å². The zero-order valence-electron chi connectivity index (χ0n) is 10.7. The molecule has 1 heterocycles. The zero-order valence-corrected chi connectivity index (χ0v) is 12.3. The summed E-state index contributed by atoms with van der Waals surface area (Å²) >= 11 is 3.38. The van der Waals surface area contributed by atoms with Crippen LogP contribution in [0.25, 0.3) is 0 Å². The molecular weight excluding hydrogens is 308 g/mol. The molecule has 1 aromatic rings. The van der Waals surface area contributed by atoms with Gasteiger partial charge in [0.05, 0.1) is 18.4 Å². The topological polar surface area (TPSA) is 53.3 Å². The average Bonchev–Trinajstić information content (AvgIpc) is 2.46. The second-order valence-electron chi connectivity index (χ2n) is 4.47. The van der Waals surface area contributed by atoms with E-state index < -0.39 is 0 Å². The predicted molar refractivity (Wildman–Crippen MR) is 75.9 cm³/mol. The first-order valence-corrected chi connectivity index (χ1v) is 7.01.